The second-order valence-electron chi connectivity index (χ2n) is 6.61. The van der Waals surface area contributed by atoms with Crippen molar-refractivity contribution in [1.29, 1.82) is 0 Å². The smallest absolute Gasteiger partial charge is 0.254 e. The number of benzene rings is 1. The molecule has 2 amide bonds. The third kappa shape index (κ3) is 5.77. The highest BCUT2D eigenvalue weighted by molar-refractivity contribution is 7.89. The van der Waals surface area contributed by atoms with Crippen LogP contribution in [0.2, 0.25) is 0 Å². The minimum atomic E-state index is -3.66. The van der Waals surface area contributed by atoms with Crippen molar-refractivity contribution in [2.45, 2.75) is 52.5 Å². The Labute approximate surface area is 162 Å². The van der Waals surface area contributed by atoms with Crippen LogP contribution in [0.1, 0.15) is 50.5 Å². The van der Waals surface area contributed by atoms with Gasteiger partial charge in [-0.25, -0.2) is 8.42 Å². The van der Waals surface area contributed by atoms with Crippen LogP contribution in [0.15, 0.2) is 23.1 Å². The molecule has 0 aliphatic heterocycles. The zero-order chi connectivity index (χ0) is 20.8. The first-order valence-corrected chi connectivity index (χ1v) is 10.7. The molecule has 1 aromatic carbocycles. The molecule has 0 aliphatic carbocycles. The summed E-state index contributed by atoms with van der Waals surface area (Å²) in [5.74, 6) is -0.602. The summed E-state index contributed by atoms with van der Waals surface area (Å²) >= 11 is 0. The molecule has 0 fully saturated rings. The van der Waals surface area contributed by atoms with Crippen LogP contribution in [0.25, 0.3) is 0 Å². The largest absolute Gasteiger partial charge is 0.352 e. The van der Waals surface area contributed by atoms with E-state index in [4.69, 9.17) is 0 Å². The van der Waals surface area contributed by atoms with E-state index in [1.54, 1.807) is 33.8 Å². The predicted molar refractivity (Wildman–Crippen MR) is 106 cm³/mol. The molecule has 152 valence electrons. The Balaban J connectivity index is 3.21. The number of aryl methyl sites for hydroxylation is 1. The minimum Gasteiger partial charge on any atom is -0.352 e. The van der Waals surface area contributed by atoms with Crippen LogP contribution in [-0.2, 0) is 14.8 Å². The molecular formula is C19H31N3O4S. The van der Waals surface area contributed by atoms with Crippen LogP contribution >= 0.6 is 0 Å². The van der Waals surface area contributed by atoms with Crippen molar-refractivity contribution in [1.82, 2.24) is 14.5 Å². The molecule has 0 aromatic heterocycles. The van der Waals surface area contributed by atoms with E-state index in [9.17, 15) is 18.0 Å². The summed E-state index contributed by atoms with van der Waals surface area (Å²) in [6.45, 7) is 11.8. The number of carbonyl (C=O) groups excluding carboxylic acids is 2. The Morgan fingerprint density at radius 2 is 1.67 bits per heavy atom. The lowest BCUT2D eigenvalue weighted by atomic mass is 10.1. The summed E-state index contributed by atoms with van der Waals surface area (Å²) in [7, 11) is -3.66. The Kier molecular flexibility index (Phi) is 8.43. The summed E-state index contributed by atoms with van der Waals surface area (Å²) in [5.41, 5.74) is 0.962. The molecule has 1 N–H and O–H groups in total. The average molecular weight is 398 g/mol. The molecule has 0 spiro atoms. The number of rotatable bonds is 9. The Morgan fingerprint density at radius 1 is 1.07 bits per heavy atom. The molecule has 0 saturated heterocycles. The molecule has 27 heavy (non-hydrogen) atoms. The molecule has 7 nitrogen and oxygen atoms in total. The molecule has 8 heteroatoms. The molecule has 0 heterocycles. The standard InChI is InChI=1S/C19H31N3O4S/c1-7-21(13-18(23)20-14(4)5)19(24)17-12-16(11-10-15(17)6)27(25,26)22(8-2)9-3/h10-12,14H,7-9,13H2,1-6H3,(H,20,23). The zero-order valence-corrected chi connectivity index (χ0v) is 17.9. The first-order valence-electron chi connectivity index (χ1n) is 9.27. The monoisotopic (exact) mass is 397 g/mol. The predicted octanol–water partition coefficient (Wildman–Crippen LogP) is 2.01. The van der Waals surface area contributed by atoms with Crippen molar-refractivity contribution in [2.75, 3.05) is 26.2 Å². The maximum atomic E-state index is 12.9. The maximum absolute atomic E-state index is 12.9. The van der Waals surface area contributed by atoms with E-state index in [2.05, 4.69) is 5.32 Å². The van der Waals surface area contributed by atoms with E-state index in [0.717, 1.165) is 0 Å². The molecule has 0 saturated carbocycles. The Hall–Kier alpha value is -1.93. The van der Waals surface area contributed by atoms with Crippen LogP contribution in [0.3, 0.4) is 0 Å². The van der Waals surface area contributed by atoms with Crippen LogP contribution in [0, 0.1) is 6.92 Å². The number of hydrogen-bond donors (Lipinski definition) is 1. The van der Waals surface area contributed by atoms with Gasteiger partial charge in [0.2, 0.25) is 15.9 Å². The van der Waals surface area contributed by atoms with Crippen LogP contribution < -0.4 is 5.32 Å². The van der Waals surface area contributed by atoms with Gasteiger partial charge in [0, 0.05) is 31.2 Å². The fraction of sp³-hybridized carbons (Fsp3) is 0.579. The van der Waals surface area contributed by atoms with Gasteiger partial charge >= 0.3 is 0 Å². The number of carbonyl (C=O) groups is 2. The quantitative estimate of drug-likeness (QED) is 0.691. The van der Waals surface area contributed by atoms with Gasteiger partial charge in [0.15, 0.2) is 0 Å². The average Bonchev–Trinajstić information content (AvgIpc) is 2.59. The van der Waals surface area contributed by atoms with Crippen LogP contribution in [-0.4, -0.2) is 61.7 Å². The van der Waals surface area contributed by atoms with Gasteiger partial charge < -0.3 is 10.2 Å². The topological polar surface area (TPSA) is 86.8 Å². The summed E-state index contributed by atoms with van der Waals surface area (Å²) in [4.78, 5) is 26.5. The van der Waals surface area contributed by atoms with Gasteiger partial charge in [-0.3, -0.25) is 9.59 Å². The van der Waals surface area contributed by atoms with Gasteiger partial charge in [-0.1, -0.05) is 19.9 Å². The summed E-state index contributed by atoms with van der Waals surface area (Å²) in [5, 5.41) is 2.76. The lowest BCUT2D eigenvalue weighted by Gasteiger charge is -2.23. The fourth-order valence-electron chi connectivity index (χ4n) is 2.74. The van der Waals surface area contributed by atoms with Gasteiger partial charge in [0.25, 0.3) is 5.91 Å². The Morgan fingerprint density at radius 3 is 2.15 bits per heavy atom. The van der Waals surface area contributed by atoms with Crippen molar-refractivity contribution in [2.24, 2.45) is 0 Å². The number of sulfonamides is 1. The second kappa shape index (κ2) is 9.85. The van der Waals surface area contributed by atoms with E-state index >= 15 is 0 Å². The van der Waals surface area contributed by atoms with E-state index in [0.29, 0.717) is 30.8 Å². The third-order valence-electron chi connectivity index (χ3n) is 4.24. The zero-order valence-electron chi connectivity index (χ0n) is 17.1. The number of hydrogen-bond acceptors (Lipinski definition) is 4. The van der Waals surface area contributed by atoms with Gasteiger partial charge in [0.1, 0.15) is 0 Å². The van der Waals surface area contributed by atoms with Gasteiger partial charge in [-0.15, -0.1) is 0 Å². The molecule has 1 aromatic rings. The summed E-state index contributed by atoms with van der Waals surface area (Å²) in [6.07, 6.45) is 0. The normalized spacial score (nSPS) is 11.7. The van der Waals surface area contributed by atoms with Gasteiger partial charge in [-0.2, -0.15) is 4.31 Å². The van der Waals surface area contributed by atoms with E-state index < -0.39 is 10.0 Å². The fourth-order valence-corrected chi connectivity index (χ4v) is 4.23. The van der Waals surface area contributed by atoms with E-state index in [1.165, 1.54) is 21.3 Å². The highest BCUT2D eigenvalue weighted by Gasteiger charge is 2.25. The molecule has 0 aliphatic rings. The van der Waals surface area contributed by atoms with E-state index in [-0.39, 0.29) is 29.3 Å². The molecular weight excluding hydrogens is 366 g/mol. The van der Waals surface area contributed by atoms with E-state index in [1.807, 2.05) is 13.8 Å². The van der Waals surface area contributed by atoms with Crippen LogP contribution in [0.4, 0.5) is 0 Å². The molecule has 1 rings (SSSR count). The van der Waals surface area contributed by atoms with Crippen molar-refractivity contribution in [3.05, 3.63) is 29.3 Å². The first kappa shape index (κ1) is 23.1. The van der Waals surface area contributed by atoms with Gasteiger partial charge in [-0.05, 0) is 45.4 Å². The number of nitrogens with one attached hydrogen (secondary N) is 1. The highest BCUT2D eigenvalue weighted by Crippen LogP contribution is 2.21. The minimum absolute atomic E-state index is 0.0180. The first-order chi connectivity index (χ1) is 12.6. The molecule has 0 bridgehead atoms. The maximum Gasteiger partial charge on any atom is 0.254 e. The lowest BCUT2D eigenvalue weighted by Crippen LogP contribution is -2.42. The van der Waals surface area contributed by atoms with Gasteiger partial charge in [0.05, 0.1) is 11.4 Å². The Bertz CT molecular complexity index is 771. The highest BCUT2D eigenvalue weighted by atomic mass is 32.2. The molecule has 0 radical (unpaired) electrons. The third-order valence-corrected chi connectivity index (χ3v) is 6.28. The number of amides is 2. The number of nitrogens with zero attached hydrogens (tertiary/aromatic N) is 2. The van der Waals surface area contributed by atoms with Crippen molar-refractivity contribution in [3.8, 4) is 0 Å². The van der Waals surface area contributed by atoms with Crippen molar-refractivity contribution < 1.29 is 18.0 Å². The van der Waals surface area contributed by atoms with Crippen molar-refractivity contribution in [3.63, 3.8) is 0 Å². The van der Waals surface area contributed by atoms with Crippen molar-refractivity contribution >= 4 is 21.8 Å². The second-order valence-corrected chi connectivity index (χ2v) is 8.55. The SMILES string of the molecule is CCN(CC(=O)NC(C)C)C(=O)c1cc(S(=O)(=O)N(CC)CC)ccc1C. The summed E-state index contributed by atoms with van der Waals surface area (Å²) < 4.78 is 26.9. The summed E-state index contributed by atoms with van der Waals surface area (Å²) in [6, 6.07) is 4.54. The van der Waals surface area contributed by atoms with Crippen LogP contribution in [0.5, 0.6) is 0 Å². The molecule has 0 unspecified atom stereocenters. The lowest BCUT2D eigenvalue weighted by molar-refractivity contribution is -0.122. The number of likely N-dealkylation sites (N-methyl/N-ethyl adjacent to an activating group) is 1. The molecule has 0 atom stereocenters.